The largest absolute Gasteiger partial charge is 0.396 e. The molecule has 4 nitrogen and oxygen atoms in total. The van der Waals surface area contributed by atoms with E-state index in [0.29, 0.717) is 19.7 Å². The fraction of sp³-hybridized carbons (Fsp3) is 0.800. The Kier molecular flexibility index (Phi) is 12.9. The minimum atomic E-state index is 0.0777. The summed E-state index contributed by atoms with van der Waals surface area (Å²) in [5, 5.41) is 11.5. The highest BCUT2D eigenvalue weighted by molar-refractivity contribution is 5.77. The summed E-state index contributed by atoms with van der Waals surface area (Å²) in [6.45, 7) is 3.88. The minimum absolute atomic E-state index is 0.0777. The van der Waals surface area contributed by atoms with Crippen LogP contribution >= 0.6 is 0 Å². The van der Waals surface area contributed by atoms with Crippen molar-refractivity contribution in [1.82, 2.24) is 10.2 Å². The van der Waals surface area contributed by atoms with E-state index < -0.39 is 0 Å². The second-order valence-electron chi connectivity index (χ2n) is 4.96. The lowest BCUT2D eigenvalue weighted by atomic mass is 10.1. The molecule has 0 rings (SSSR count). The lowest BCUT2D eigenvalue weighted by Gasteiger charge is -2.16. The van der Waals surface area contributed by atoms with E-state index in [0.717, 1.165) is 19.4 Å². The number of unbranched alkanes of at least 4 members (excludes halogenated alkanes) is 5. The molecule has 0 unspecified atom stereocenters. The Bertz CT molecular complexity index is 242. The van der Waals surface area contributed by atoms with Crippen LogP contribution in [0.25, 0.3) is 0 Å². The molecule has 0 atom stereocenters. The minimum Gasteiger partial charge on any atom is -0.396 e. The summed E-state index contributed by atoms with van der Waals surface area (Å²) in [6.07, 6.45) is 11.1. The molecule has 0 fully saturated rings. The van der Waals surface area contributed by atoms with Crippen LogP contribution in [0.4, 0.5) is 0 Å². The molecule has 0 spiro atoms. The maximum absolute atomic E-state index is 11.4. The smallest absolute Gasteiger partial charge is 0.224 e. The molecule has 0 heterocycles. The van der Waals surface area contributed by atoms with Gasteiger partial charge in [-0.15, -0.1) is 0 Å². The molecule has 0 saturated heterocycles. The van der Waals surface area contributed by atoms with Gasteiger partial charge in [-0.2, -0.15) is 0 Å². The van der Waals surface area contributed by atoms with Crippen molar-refractivity contribution in [3.8, 4) is 0 Å². The molecule has 0 aromatic carbocycles. The number of aliphatic hydroxyl groups is 1. The van der Waals surface area contributed by atoms with Crippen LogP contribution in [-0.2, 0) is 4.79 Å². The van der Waals surface area contributed by atoms with E-state index in [9.17, 15) is 4.79 Å². The number of carbonyl (C=O) groups is 1. The Hall–Kier alpha value is -0.870. The van der Waals surface area contributed by atoms with Crippen LogP contribution in [-0.4, -0.2) is 42.8 Å². The SMILES string of the molecule is C/C=C/CC(=O)NCN(C)CCCCCCCCO. The second-order valence-corrected chi connectivity index (χ2v) is 4.96. The van der Waals surface area contributed by atoms with Crippen molar-refractivity contribution in [1.29, 1.82) is 0 Å². The van der Waals surface area contributed by atoms with E-state index in [1.54, 1.807) is 0 Å². The van der Waals surface area contributed by atoms with E-state index in [2.05, 4.69) is 10.2 Å². The summed E-state index contributed by atoms with van der Waals surface area (Å²) >= 11 is 0. The summed E-state index contributed by atoms with van der Waals surface area (Å²) in [5.74, 6) is 0.0777. The number of hydrogen-bond donors (Lipinski definition) is 2. The van der Waals surface area contributed by atoms with E-state index in [-0.39, 0.29) is 5.91 Å². The first kappa shape index (κ1) is 18.1. The van der Waals surface area contributed by atoms with Crippen molar-refractivity contribution in [2.45, 2.75) is 51.9 Å². The van der Waals surface area contributed by atoms with Crippen molar-refractivity contribution in [3.63, 3.8) is 0 Å². The van der Waals surface area contributed by atoms with Gasteiger partial charge in [0.05, 0.1) is 6.67 Å². The average molecular weight is 270 g/mol. The van der Waals surface area contributed by atoms with E-state index in [1.165, 1.54) is 25.7 Å². The number of nitrogens with one attached hydrogen (secondary N) is 1. The van der Waals surface area contributed by atoms with Crippen molar-refractivity contribution in [2.24, 2.45) is 0 Å². The molecule has 2 N–H and O–H groups in total. The third kappa shape index (κ3) is 13.4. The molecular weight excluding hydrogens is 240 g/mol. The number of allylic oxidation sites excluding steroid dienone is 1. The topological polar surface area (TPSA) is 52.6 Å². The molecule has 0 aliphatic carbocycles. The normalized spacial score (nSPS) is 11.4. The maximum Gasteiger partial charge on any atom is 0.224 e. The zero-order valence-corrected chi connectivity index (χ0v) is 12.5. The van der Waals surface area contributed by atoms with Gasteiger partial charge in [-0.3, -0.25) is 9.69 Å². The van der Waals surface area contributed by atoms with E-state index >= 15 is 0 Å². The van der Waals surface area contributed by atoms with Crippen LogP contribution in [0, 0.1) is 0 Å². The van der Waals surface area contributed by atoms with Crippen LogP contribution in [0.15, 0.2) is 12.2 Å². The predicted molar refractivity (Wildman–Crippen MR) is 79.9 cm³/mol. The fourth-order valence-electron chi connectivity index (χ4n) is 1.80. The summed E-state index contributed by atoms with van der Waals surface area (Å²) in [4.78, 5) is 13.5. The molecule has 0 bridgehead atoms. The van der Waals surface area contributed by atoms with Gasteiger partial charge in [0.1, 0.15) is 0 Å². The molecular formula is C15H30N2O2. The number of rotatable bonds is 12. The Morgan fingerprint density at radius 1 is 1.16 bits per heavy atom. The molecule has 4 heteroatoms. The highest BCUT2D eigenvalue weighted by Crippen LogP contribution is 2.05. The third-order valence-corrected chi connectivity index (χ3v) is 3.03. The lowest BCUT2D eigenvalue weighted by Crippen LogP contribution is -2.35. The Balaban J connectivity index is 3.34. The monoisotopic (exact) mass is 270 g/mol. The molecule has 0 aromatic rings. The van der Waals surface area contributed by atoms with Crippen LogP contribution in [0.5, 0.6) is 0 Å². The number of hydrogen-bond acceptors (Lipinski definition) is 3. The van der Waals surface area contributed by atoms with Gasteiger partial charge in [-0.1, -0.05) is 37.8 Å². The standard InChI is InChI=1S/C15H30N2O2/c1-3-4-11-15(19)16-14-17(2)12-9-7-5-6-8-10-13-18/h3-4,18H,5-14H2,1-2H3,(H,16,19)/b4-3+. The molecule has 0 saturated carbocycles. The average Bonchev–Trinajstić information content (AvgIpc) is 2.41. The second kappa shape index (κ2) is 13.6. The van der Waals surface area contributed by atoms with Crippen molar-refractivity contribution in [3.05, 3.63) is 12.2 Å². The molecule has 0 aliphatic heterocycles. The quantitative estimate of drug-likeness (QED) is 0.325. The van der Waals surface area contributed by atoms with Crippen LogP contribution in [0.3, 0.4) is 0 Å². The summed E-state index contributed by atoms with van der Waals surface area (Å²) < 4.78 is 0. The van der Waals surface area contributed by atoms with Gasteiger partial charge in [0.25, 0.3) is 0 Å². The number of amides is 1. The van der Waals surface area contributed by atoms with Crippen molar-refractivity contribution in [2.75, 3.05) is 26.9 Å². The van der Waals surface area contributed by atoms with Crippen LogP contribution in [0.2, 0.25) is 0 Å². The van der Waals surface area contributed by atoms with Gasteiger partial charge in [0.15, 0.2) is 0 Å². The van der Waals surface area contributed by atoms with Gasteiger partial charge in [-0.05, 0) is 33.4 Å². The summed E-state index contributed by atoms with van der Waals surface area (Å²) in [5.41, 5.74) is 0. The molecule has 1 amide bonds. The van der Waals surface area contributed by atoms with Crippen molar-refractivity contribution < 1.29 is 9.90 Å². The Morgan fingerprint density at radius 3 is 2.42 bits per heavy atom. The zero-order chi connectivity index (χ0) is 14.3. The number of nitrogens with zero attached hydrogens (tertiary/aromatic N) is 1. The highest BCUT2D eigenvalue weighted by Gasteiger charge is 2.01. The van der Waals surface area contributed by atoms with Crippen LogP contribution < -0.4 is 5.32 Å². The van der Waals surface area contributed by atoms with Gasteiger partial charge >= 0.3 is 0 Å². The third-order valence-electron chi connectivity index (χ3n) is 3.03. The molecule has 0 aromatic heterocycles. The summed E-state index contributed by atoms with van der Waals surface area (Å²) in [6, 6.07) is 0. The first-order valence-corrected chi connectivity index (χ1v) is 7.38. The first-order chi connectivity index (χ1) is 9.20. The fourth-order valence-corrected chi connectivity index (χ4v) is 1.80. The van der Waals surface area contributed by atoms with E-state index in [4.69, 9.17) is 5.11 Å². The highest BCUT2D eigenvalue weighted by atomic mass is 16.2. The van der Waals surface area contributed by atoms with E-state index in [1.807, 2.05) is 26.1 Å². The van der Waals surface area contributed by atoms with Crippen molar-refractivity contribution >= 4 is 5.91 Å². The summed E-state index contributed by atoms with van der Waals surface area (Å²) in [7, 11) is 2.03. The maximum atomic E-state index is 11.4. The molecule has 112 valence electrons. The Morgan fingerprint density at radius 2 is 1.79 bits per heavy atom. The molecule has 0 radical (unpaired) electrons. The number of aliphatic hydroxyl groups excluding tert-OH is 1. The Labute approximate surface area is 117 Å². The number of carbonyl (C=O) groups excluding carboxylic acids is 1. The van der Waals surface area contributed by atoms with Gasteiger partial charge < -0.3 is 10.4 Å². The van der Waals surface area contributed by atoms with Gasteiger partial charge in [0, 0.05) is 13.0 Å². The van der Waals surface area contributed by atoms with Gasteiger partial charge in [0.2, 0.25) is 5.91 Å². The molecule has 0 aliphatic rings. The van der Waals surface area contributed by atoms with Gasteiger partial charge in [-0.25, -0.2) is 0 Å². The molecule has 19 heavy (non-hydrogen) atoms. The lowest BCUT2D eigenvalue weighted by molar-refractivity contribution is -0.120. The zero-order valence-electron chi connectivity index (χ0n) is 12.5. The van der Waals surface area contributed by atoms with Crippen LogP contribution in [0.1, 0.15) is 51.9 Å². The predicted octanol–water partition coefficient (Wildman–Crippen LogP) is 2.29. The first-order valence-electron chi connectivity index (χ1n) is 7.38.